The molecule has 0 N–H and O–H groups in total. The molecule has 1 heterocycles. The van der Waals surface area contributed by atoms with Gasteiger partial charge in [0, 0.05) is 7.05 Å². The van der Waals surface area contributed by atoms with Crippen LogP contribution < -0.4 is 5.19 Å². The molecule has 1 aliphatic heterocycles. The van der Waals surface area contributed by atoms with Gasteiger partial charge in [0.25, 0.3) is 0 Å². The van der Waals surface area contributed by atoms with Gasteiger partial charge in [0.1, 0.15) is 0 Å². The van der Waals surface area contributed by atoms with Gasteiger partial charge in [0.2, 0.25) is 0 Å². The summed E-state index contributed by atoms with van der Waals surface area (Å²) in [6.07, 6.45) is 1.15. The molecule has 0 radical (unpaired) electrons. The molecule has 0 aliphatic carbocycles. The van der Waals surface area contributed by atoms with Crippen molar-refractivity contribution in [3.05, 3.63) is 29.8 Å². The van der Waals surface area contributed by atoms with Crippen molar-refractivity contribution in [3.8, 4) is 0 Å². The lowest BCUT2D eigenvalue weighted by molar-refractivity contribution is -0.125. The molecule has 1 aliphatic rings. The molecule has 0 bridgehead atoms. The summed E-state index contributed by atoms with van der Waals surface area (Å²) in [7, 11) is -0.467. The fraction of sp³-hybridized carbons (Fsp3) is 0.625. The third-order valence-corrected chi connectivity index (χ3v) is 8.61. The van der Waals surface area contributed by atoms with Crippen molar-refractivity contribution in [1.29, 1.82) is 0 Å². The van der Waals surface area contributed by atoms with Crippen LogP contribution in [-0.4, -0.2) is 34.0 Å². The number of hydroxylamine groups is 2. The summed E-state index contributed by atoms with van der Waals surface area (Å²) in [6, 6.07) is 9.43. The van der Waals surface area contributed by atoms with Gasteiger partial charge in [-0.05, 0) is 12.0 Å². The van der Waals surface area contributed by atoms with E-state index in [4.69, 9.17) is 4.84 Å². The van der Waals surface area contributed by atoms with Crippen LogP contribution in [0.4, 0.5) is 0 Å². The fourth-order valence-electron chi connectivity index (χ4n) is 2.97. The molecule has 0 saturated carbocycles. The van der Waals surface area contributed by atoms with E-state index in [9.17, 15) is 0 Å². The van der Waals surface area contributed by atoms with Gasteiger partial charge in [0.15, 0.2) is 0 Å². The Morgan fingerprint density at radius 2 is 1.65 bits per heavy atom. The van der Waals surface area contributed by atoms with Gasteiger partial charge >= 0.3 is 0 Å². The van der Waals surface area contributed by atoms with E-state index in [2.05, 4.69) is 75.7 Å². The lowest BCUT2D eigenvalue weighted by Crippen LogP contribution is -2.41. The van der Waals surface area contributed by atoms with Crippen molar-refractivity contribution < 1.29 is 4.84 Å². The third kappa shape index (κ3) is 3.24. The molecular weight excluding hydrogens is 278 g/mol. The molecular formula is C16H29NOSi2. The Hall–Kier alpha value is -0.426. The van der Waals surface area contributed by atoms with E-state index in [1.165, 1.54) is 5.56 Å². The van der Waals surface area contributed by atoms with Crippen LogP contribution in [0, 0.1) is 0 Å². The van der Waals surface area contributed by atoms with E-state index < -0.39 is 16.1 Å². The van der Waals surface area contributed by atoms with Gasteiger partial charge in [-0.2, -0.15) is 5.06 Å². The first-order valence-electron chi connectivity index (χ1n) is 7.59. The first-order valence-corrected chi connectivity index (χ1v) is 14.7. The average molecular weight is 308 g/mol. The van der Waals surface area contributed by atoms with Crippen molar-refractivity contribution in [3.63, 3.8) is 0 Å². The molecule has 2 atom stereocenters. The van der Waals surface area contributed by atoms with Crippen molar-refractivity contribution in [2.24, 2.45) is 0 Å². The minimum absolute atomic E-state index is 0.426. The summed E-state index contributed by atoms with van der Waals surface area (Å²) < 4.78 is 0. The van der Waals surface area contributed by atoms with Crippen LogP contribution in [0.5, 0.6) is 0 Å². The first kappa shape index (κ1) is 16.0. The van der Waals surface area contributed by atoms with Crippen LogP contribution in [0.1, 0.15) is 18.0 Å². The molecule has 1 saturated heterocycles. The maximum atomic E-state index is 6.17. The number of rotatable bonds is 3. The molecule has 1 aromatic rings. The number of benzene rings is 1. The van der Waals surface area contributed by atoms with Crippen LogP contribution in [0.2, 0.25) is 39.3 Å². The fourth-order valence-corrected chi connectivity index (χ4v) is 6.10. The van der Waals surface area contributed by atoms with Crippen LogP contribution >= 0.6 is 0 Å². The van der Waals surface area contributed by atoms with Gasteiger partial charge in [-0.25, -0.2) is 0 Å². The standard InChI is InChI=1S/C16H29NOSi2/c1-17-14(12-16(18-17)20(5,6)7)13-10-8-9-11-15(13)19(2,3)4/h8-11,14,16H,12H2,1-7H3/t14-,16-/m0/s1. The van der Waals surface area contributed by atoms with Crippen LogP contribution in [0.15, 0.2) is 24.3 Å². The minimum atomic E-state index is -1.31. The zero-order valence-electron chi connectivity index (χ0n) is 14.0. The summed E-state index contributed by atoms with van der Waals surface area (Å²) in [5.41, 5.74) is 1.93. The quantitative estimate of drug-likeness (QED) is 0.788. The molecule has 112 valence electrons. The molecule has 1 fully saturated rings. The highest BCUT2D eigenvalue weighted by atomic mass is 28.3. The largest absolute Gasteiger partial charge is 0.299 e. The maximum absolute atomic E-state index is 6.17. The van der Waals surface area contributed by atoms with E-state index in [0.717, 1.165) is 6.42 Å². The molecule has 4 heteroatoms. The van der Waals surface area contributed by atoms with E-state index in [1.807, 2.05) is 0 Å². The maximum Gasteiger partial charge on any atom is 0.0813 e. The predicted molar refractivity (Wildman–Crippen MR) is 92.8 cm³/mol. The first-order chi connectivity index (χ1) is 9.10. The third-order valence-electron chi connectivity index (χ3n) is 4.26. The summed E-state index contributed by atoms with van der Waals surface area (Å²) in [5.74, 6) is 0. The lowest BCUT2D eigenvalue weighted by atomic mass is 10.0. The smallest absolute Gasteiger partial charge is 0.0813 e. The van der Waals surface area contributed by atoms with Crippen molar-refractivity contribution in [2.75, 3.05) is 7.05 Å². The topological polar surface area (TPSA) is 12.5 Å². The molecule has 0 unspecified atom stereocenters. The second-order valence-electron chi connectivity index (χ2n) is 8.10. The molecule has 1 aromatic carbocycles. The monoisotopic (exact) mass is 307 g/mol. The highest BCUT2D eigenvalue weighted by molar-refractivity contribution is 6.89. The van der Waals surface area contributed by atoms with Crippen molar-refractivity contribution >= 4 is 21.3 Å². The average Bonchev–Trinajstić information content (AvgIpc) is 2.70. The molecule has 2 nitrogen and oxygen atoms in total. The Kier molecular flexibility index (Phi) is 4.31. The highest BCUT2D eigenvalue weighted by Gasteiger charge is 2.41. The summed E-state index contributed by atoms with van der Waals surface area (Å²) in [5, 5.41) is 3.69. The second-order valence-corrected chi connectivity index (χ2v) is 18.5. The minimum Gasteiger partial charge on any atom is -0.299 e. The molecule has 2 rings (SSSR count). The number of hydrogen-bond acceptors (Lipinski definition) is 2. The number of hydrogen-bond donors (Lipinski definition) is 0. The van der Waals surface area contributed by atoms with Crippen LogP contribution in [0.25, 0.3) is 0 Å². The Balaban J connectivity index is 2.34. The van der Waals surface area contributed by atoms with Crippen molar-refractivity contribution in [1.82, 2.24) is 5.06 Å². The zero-order chi connectivity index (χ0) is 15.1. The SMILES string of the molecule is CN1O[C@@H]([Si](C)(C)C)C[C@H]1c1ccccc1[Si](C)(C)C. The normalized spacial score (nSPS) is 25.1. The van der Waals surface area contributed by atoms with E-state index >= 15 is 0 Å². The Morgan fingerprint density at radius 1 is 1.05 bits per heavy atom. The van der Waals surface area contributed by atoms with Gasteiger partial charge in [-0.1, -0.05) is 68.7 Å². The van der Waals surface area contributed by atoms with Crippen LogP contribution in [-0.2, 0) is 4.84 Å². The highest BCUT2D eigenvalue weighted by Crippen LogP contribution is 2.36. The van der Waals surface area contributed by atoms with Gasteiger partial charge in [-0.15, -0.1) is 0 Å². The Morgan fingerprint density at radius 3 is 2.15 bits per heavy atom. The zero-order valence-corrected chi connectivity index (χ0v) is 16.0. The Bertz CT molecular complexity index is 476. The lowest BCUT2D eigenvalue weighted by Gasteiger charge is -2.26. The predicted octanol–water partition coefficient (Wildman–Crippen LogP) is 3.79. The van der Waals surface area contributed by atoms with Gasteiger partial charge in [-0.3, -0.25) is 4.84 Å². The second kappa shape index (κ2) is 5.41. The number of nitrogens with zero attached hydrogens (tertiary/aromatic N) is 1. The molecule has 0 aromatic heterocycles. The summed E-state index contributed by atoms with van der Waals surface area (Å²) >= 11 is 0. The van der Waals surface area contributed by atoms with E-state index in [-0.39, 0.29) is 0 Å². The van der Waals surface area contributed by atoms with E-state index in [0.29, 0.717) is 11.8 Å². The summed E-state index contributed by atoms with van der Waals surface area (Å²) in [4.78, 5) is 6.17. The van der Waals surface area contributed by atoms with Gasteiger partial charge < -0.3 is 0 Å². The Labute approximate surface area is 126 Å². The molecule has 20 heavy (non-hydrogen) atoms. The van der Waals surface area contributed by atoms with Gasteiger partial charge in [0.05, 0.1) is 27.9 Å². The van der Waals surface area contributed by atoms with Crippen LogP contribution in [0.3, 0.4) is 0 Å². The van der Waals surface area contributed by atoms with E-state index in [1.54, 1.807) is 5.19 Å². The molecule has 0 amide bonds. The summed E-state index contributed by atoms with van der Waals surface area (Å²) in [6.45, 7) is 14.5. The van der Waals surface area contributed by atoms with Crippen molar-refractivity contribution in [2.45, 2.75) is 57.5 Å². The molecule has 0 spiro atoms.